The van der Waals surface area contributed by atoms with Gasteiger partial charge in [-0.2, -0.15) is 5.26 Å². The van der Waals surface area contributed by atoms with E-state index < -0.39 is 0 Å². The third-order valence-corrected chi connectivity index (χ3v) is 6.88. The minimum Gasteiger partial charge on any atom is -0.497 e. The summed E-state index contributed by atoms with van der Waals surface area (Å²) < 4.78 is 11.4. The van der Waals surface area contributed by atoms with Crippen molar-refractivity contribution in [1.82, 2.24) is 0 Å². The minimum atomic E-state index is -0.340. The summed E-state index contributed by atoms with van der Waals surface area (Å²) >= 11 is 1.52. The van der Waals surface area contributed by atoms with Crippen LogP contribution in [0.15, 0.2) is 64.0 Å². The molecule has 164 valence electrons. The highest BCUT2D eigenvalue weighted by atomic mass is 32.1. The molecule has 0 radical (unpaired) electrons. The molecule has 0 saturated heterocycles. The normalized spacial score (nSPS) is 13.4. The van der Waals surface area contributed by atoms with E-state index in [-0.39, 0.29) is 17.0 Å². The van der Waals surface area contributed by atoms with E-state index in [9.17, 15) is 10.1 Å². The zero-order valence-electron chi connectivity index (χ0n) is 18.1. The first-order valence-corrected chi connectivity index (χ1v) is 11.6. The molecule has 4 aromatic rings. The third kappa shape index (κ3) is 4.13. The first-order chi connectivity index (χ1) is 16.2. The lowest BCUT2D eigenvalue weighted by Gasteiger charge is -2.09. The number of hydrogen-bond donors (Lipinski definition) is 1. The van der Waals surface area contributed by atoms with Crippen molar-refractivity contribution in [3.63, 3.8) is 0 Å². The van der Waals surface area contributed by atoms with Gasteiger partial charge in [-0.05, 0) is 67.6 Å². The summed E-state index contributed by atoms with van der Waals surface area (Å²) in [6.45, 7) is 0. The summed E-state index contributed by atoms with van der Waals surface area (Å²) in [5, 5.41) is 14.0. The van der Waals surface area contributed by atoms with Gasteiger partial charge in [0.15, 0.2) is 0 Å². The Balaban J connectivity index is 1.69. The average Bonchev–Trinajstić information content (AvgIpc) is 3.20. The highest BCUT2D eigenvalue weighted by molar-refractivity contribution is 7.16. The van der Waals surface area contributed by atoms with Gasteiger partial charge in [0.05, 0.1) is 12.7 Å². The van der Waals surface area contributed by atoms with Gasteiger partial charge in [0, 0.05) is 16.0 Å². The topological polar surface area (TPSA) is 87.6 Å². The van der Waals surface area contributed by atoms with Gasteiger partial charge in [0.2, 0.25) is 5.55 Å². The number of nitrogens with zero attached hydrogens (tertiary/aromatic N) is 2. The monoisotopic (exact) mass is 455 g/mol. The standard InChI is InChI=1S/C26H21N3O3S/c1-31-18-11-12-22-16(13-18)14-20(24(30)28-17-7-3-2-4-8-17)25(32-22)29-26-21(15-27)19-9-5-6-10-23(19)33-26/h2-4,7-8,11-14H,5-6,9-10H2,1H3,(H,28,30). The fourth-order valence-corrected chi connectivity index (χ4v) is 5.25. The number of hydrogen-bond acceptors (Lipinski definition) is 6. The fourth-order valence-electron chi connectivity index (χ4n) is 4.04. The zero-order valence-corrected chi connectivity index (χ0v) is 18.9. The summed E-state index contributed by atoms with van der Waals surface area (Å²) in [6.07, 6.45) is 4.04. The Hall–Kier alpha value is -3.89. The number of amides is 1. The van der Waals surface area contributed by atoms with Crippen molar-refractivity contribution in [2.24, 2.45) is 4.99 Å². The van der Waals surface area contributed by atoms with Crippen LogP contribution in [-0.2, 0) is 12.8 Å². The Morgan fingerprint density at radius 2 is 1.97 bits per heavy atom. The second-order valence-electron chi connectivity index (χ2n) is 7.80. The number of nitrogens with one attached hydrogen (secondary N) is 1. The molecule has 1 aliphatic carbocycles. The second-order valence-corrected chi connectivity index (χ2v) is 8.89. The van der Waals surface area contributed by atoms with Crippen molar-refractivity contribution in [1.29, 1.82) is 5.26 Å². The number of carbonyl (C=O) groups excluding carboxylic acids is 1. The molecule has 1 aliphatic rings. The van der Waals surface area contributed by atoms with Crippen molar-refractivity contribution in [2.75, 3.05) is 12.4 Å². The average molecular weight is 456 g/mol. The molecule has 2 aromatic carbocycles. The smallest absolute Gasteiger partial charge is 0.261 e. The van der Waals surface area contributed by atoms with E-state index >= 15 is 0 Å². The fraction of sp³-hybridized carbons (Fsp3) is 0.192. The highest BCUT2D eigenvalue weighted by Gasteiger charge is 2.21. The Kier molecular flexibility index (Phi) is 5.68. The van der Waals surface area contributed by atoms with Crippen LogP contribution in [0.1, 0.15) is 39.2 Å². The predicted molar refractivity (Wildman–Crippen MR) is 128 cm³/mol. The van der Waals surface area contributed by atoms with E-state index in [1.54, 1.807) is 25.3 Å². The number of benzene rings is 2. The molecular formula is C26H21N3O3S. The number of fused-ring (bicyclic) bond motifs is 2. The van der Waals surface area contributed by atoms with Gasteiger partial charge in [-0.25, -0.2) is 4.99 Å². The van der Waals surface area contributed by atoms with Gasteiger partial charge in [0.25, 0.3) is 5.91 Å². The maximum Gasteiger partial charge on any atom is 0.261 e. The highest BCUT2D eigenvalue weighted by Crippen LogP contribution is 2.39. The van der Waals surface area contributed by atoms with Crippen LogP contribution >= 0.6 is 11.3 Å². The maximum absolute atomic E-state index is 13.2. The summed E-state index contributed by atoms with van der Waals surface area (Å²) in [6, 6.07) is 18.7. The molecule has 0 fully saturated rings. The SMILES string of the molecule is COc1ccc2oc(=Nc3sc4c(c3C#N)CCCC4)c(C(=O)Nc3ccccc3)cc2c1. The first-order valence-electron chi connectivity index (χ1n) is 10.7. The number of thiophene rings is 1. The van der Waals surface area contributed by atoms with Gasteiger partial charge in [-0.15, -0.1) is 11.3 Å². The molecular weight excluding hydrogens is 434 g/mol. The molecule has 0 bridgehead atoms. The number of aryl methyl sites for hydroxylation is 1. The molecule has 0 saturated carbocycles. The number of carbonyl (C=O) groups is 1. The van der Waals surface area contributed by atoms with E-state index in [0.717, 1.165) is 36.6 Å². The summed E-state index contributed by atoms with van der Waals surface area (Å²) in [5.74, 6) is 0.322. The molecule has 0 spiro atoms. The van der Waals surface area contributed by atoms with E-state index in [4.69, 9.17) is 14.1 Å². The van der Waals surface area contributed by atoms with Crippen LogP contribution in [0.5, 0.6) is 5.75 Å². The van der Waals surface area contributed by atoms with E-state index in [1.165, 1.54) is 16.2 Å². The number of para-hydroxylation sites is 1. The largest absolute Gasteiger partial charge is 0.497 e. The molecule has 33 heavy (non-hydrogen) atoms. The first kappa shape index (κ1) is 21.0. The molecule has 7 heteroatoms. The molecule has 1 amide bonds. The van der Waals surface area contributed by atoms with Crippen LogP contribution < -0.4 is 15.6 Å². The molecule has 0 unspecified atom stereocenters. The molecule has 5 rings (SSSR count). The number of anilines is 1. The number of methoxy groups -OCH3 is 1. The van der Waals surface area contributed by atoms with E-state index in [0.29, 0.717) is 27.6 Å². The number of rotatable bonds is 4. The van der Waals surface area contributed by atoms with Gasteiger partial charge >= 0.3 is 0 Å². The summed E-state index contributed by atoms with van der Waals surface area (Å²) in [7, 11) is 1.59. The Labute approximate surface area is 194 Å². The van der Waals surface area contributed by atoms with Crippen molar-refractivity contribution < 1.29 is 13.9 Å². The van der Waals surface area contributed by atoms with Crippen LogP contribution in [0.2, 0.25) is 0 Å². The zero-order chi connectivity index (χ0) is 22.8. The van der Waals surface area contributed by atoms with Crippen LogP contribution in [0.3, 0.4) is 0 Å². The molecule has 1 N–H and O–H groups in total. The van der Waals surface area contributed by atoms with Gasteiger partial charge in [0.1, 0.15) is 28.0 Å². The van der Waals surface area contributed by atoms with Gasteiger partial charge < -0.3 is 14.5 Å². The number of nitriles is 1. The van der Waals surface area contributed by atoms with Crippen molar-refractivity contribution in [3.8, 4) is 11.8 Å². The molecule has 0 aliphatic heterocycles. The maximum atomic E-state index is 13.2. The summed E-state index contributed by atoms with van der Waals surface area (Å²) in [5.41, 5.74) is 3.39. The van der Waals surface area contributed by atoms with Gasteiger partial charge in [-0.3, -0.25) is 4.79 Å². The minimum absolute atomic E-state index is 0.177. The molecule has 2 heterocycles. The third-order valence-electron chi connectivity index (χ3n) is 5.70. The number of ether oxygens (including phenoxy) is 1. The van der Waals surface area contributed by atoms with Gasteiger partial charge in [-0.1, -0.05) is 18.2 Å². The van der Waals surface area contributed by atoms with Crippen LogP contribution in [0.4, 0.5) is 10.7 Å². The lowest BCUT2D eigenvalue weighted by molar-refractivity contribution is 0.102. The molecule has 2 aromatic heterocycles. The van der Waals surface area contributed by atoms with Crippen LogP contribution in [0.25, 0.3) is 11.0 Å². The van der Waals surface area contributed by atoms with Crippen LogP contribution in [0, 0.1) is 11.3 Å². The Bertz CT molecular complexity index is 1460. The van der Waals surface area contributed by atoms with E-state index in [1.807, 2.05) is 36.4 Å². The second kappa shape index (κ2) is 8.93. The van der Waals surface area contributed by atoms with Crippen LogP contribution in [-0.4, -0.2) is 13.0 Å². The quantitative estimate of drug-likeness (QED) is 0.425. The van der Waals surface area contributed by atoms with Crippen molar-refractivity contribution in [2.45, 2.75) is 25.7 Å². The van der Waals surface area contributed by atoms with Crippen molar-refractivity contribution in [3.05, 3.63) is 81.7 Å². The lowest BCUT2D eigenvalue weighted by atomic mass is 9.96. The molecule has 0 atom stereocenters. The summed E-state index contributed by atoms with van der Waals surface area (Å²) in [4.78, 5) is 19.2. The van der Waals surface area contributed by atoms with E-state index in [2.05, 4.69) is 11.4 Å². The Morgan fingerprint density at radius 1 is 1.15 bits per heavy atom. The lowest BCUT2D eigenvalue weighted by Crippen LogP contribution is -2.21. The molecule has 6 nitrogen and oxygen atoms in total. The van der Waals surface area contributed by atoms with Crippen molar-refractivity contribution >= 4 is 38.9 Å². The Morgan fingerprint density at radius 3 is 2.76 bits per heavy atom. The predicted octanol–water partition coefficient (Wildman–Crippen LogP) is 5.74.